The molecule has 3 aromatic rings. The molecule has 23 heavy (non-hydrogen) atoms. The summed E-state index contributed by atoms with van der Waals surface area (Å²) in [5.74, 6) is 0. The molecule has 0 unspecified atom stereocenters. The lowest BCUT2D eigenvalue weighted by atomic mass is 9.99. The summed E-state index contributed by atoms with van der Waals surface area (Å²) in [7, 11) is 0. The van der Waals surface area contributed by atoms with Gasteiger partial charge in [0.1, 0.15) is 0 Å². The Balaban J connectivity index is 2.16. The molecule has 0 aliphatic rings. The summed E-state index contributed by atoms with van der Waals surface area (Å²) in [6.45, 7) is 0. The van der Waals surface area contributed by atoms with Crippen LogP contribution in [-0.4, -0.2) is 0 Å². The lowest BCUT2D eigenvalue weighted by molar-refractivity contribution is 1.45. The molecule has 5 heteroatoms. The van der Waals surface area contributed by atoms with Crippen molar-refractivity contribution in [2.75, 3.05) is 0 Å². The van der Waals surface area contributed by atoms with Crippen molar-refractivity contribution in [2.24, 2.45) is 0 Å². The Morgan fingerprint density at radius 2 is 1.13 bits per heavy atom. The predicted molar refractivity (Wildman–Crippen MR) is 105 cm³/mol. The molecule has 3 aromatic carbocycles. The molecule has 0 spiro atoms. The van der Waals surface area contributed by atoms with Gasteiger partial charge in [-0.1, -0.05) is 64.6 Å². The van der Waals surface area contributed by atoms with Crippen LogP contribution in [0.4, 0.5) is 0 Å². The van der Waals surface area contributed by atoms with E-state index in [9.17, 15) is 0 Å². The molecule has 0 aromatic heterocycles. The van der Waals surface area contributed by atoms with Crippen molar-refractivity contribution in [2.45, 2.75) is 4.90 Å². The fourth-order valence-electron chi connectivity index (χ4n) is 2.35. The highest BCUT2D eigenvalue weighted by Gasteiger charge is 2.11. The largest absolute Gasteiger partial charge is 0.143 e. The van der Waals surface area contributed by atoms with E-state index in [0.717, 1.165) is 27.1 Å². The second-order valence-corrected chi connectivity index (χ2v) is 7.15. The first-order valence-corrected chi connectivity index (χ1v) is 8.65. The van der Waals surface area contributed by atoms with E-state index in [2.05, 4.69) is 12.6 Å². The fraction of sp³-hybridized carbons (Fsp3) is 0. The van der Waals surface area contributed by atoms with Gasteiger partial charge in [-0.05, 0) is 47.5 Å². The van der Waals surface area contributed by atoms with Gasteiger partial charge in [-0.15, -0.1) is 12.6 Å². The van der Waals surface area contributed by atoms with E-state index in [4.69, 9.17) is 46.4 Å². The zero-order valence-electron chi connectivity index (χ0n) is 11.7. The molecule has 0 atom stereocenters. The monoisotopic (exact) mass is 398 g/mol. The molecule has 0 saturated heterocycles. The van der Waals surface area contributed by atoms with Crippen LogP contribution in [0, 0.1) is 0 Å². The lowest BCUT2D eigenvalue weighted by Crippen LogP contribution is -1.86. The average molecular weight is 400 g/mol. The van der Waals surface area contributed by atoms with E-state index in [1.54, 1.807) is 18.2 Å². The number of thiol groups is 1. The Bertz CT molecular complexity index is 890. The minimum atomic E-state index is 0.576. The molecule has 0 aliphatic carbocycles. The SMILES string of the molecule is Sc1ccc(-c2ccc(Cl)cc2Cl)cc1-c1ccc(Cl)cc1Cl. The third-order valence-electron chi connectivity index (χ3n) is 3.46. The average Bonchev–Trinajstić information content (AvgIpc) is 2.49. The molecule has 3 rings (SSSR count). The Kier molecular flexibility index (Phi) is 5.15. The molecule has 0 heterocycles. The summed E-state index contributed by atoms with van der Waals surface area (Å²) in [5.41, 5.74) is 3.65. The number of hydrogen-bond donors (Lipinski definition) is 1. The third-order valence-corrected chi connectivity index (χ3v) is 4.95. The van der Waals surface area contributed by atoms with Gasteiger partial charge in [-0.3, -0.25) is 0 Å². The highest BCUT2D eigenvalue weighted by Crippen LogP contribution is 2.38. The molecule has 0 bridgehead atoms. The molecule has 0 aliphatic heterocycles. The van der Waals surface area contributed by atoms with Crippen LogP contribution in [-0.2, 0) is 0 Å². The van der Waals surface area contributed by atoms with Gasteiger partial charge >= 0.3 is 0 Å². The highest BCUT2D eigenvalue weighted by molar-refractivity contribution is 7.80. The van der Waals surface area contributed by atoms with Crippen LogP contribution in [0.2, 0.25) is 20.1 Å². The van der Waals surface area contributed by atoms with Crippen molar-refractivity contribution in [3.63, 3.8) is 0 Å². The van der Waals surface area contributed by atoms with Crippen LogP contribution in [0.3, 0.4) is 0 Å². The summed E-state index contributed by atoms with van der Waals surface area (Å²) in [6, 6.07) is 16.7. The van der Waals surface area contributed by atoms with E-state index in [1.165, 1.54) is 0 Å². The standard InChI is InChI=1S/C18H10Cl4S/c19-11-2-4-13(16(21)8-11)10-1-6-18(23)15(7-10)14-5-3-12(20)9-17(14)22/h1-9,23H. The highest BCUT2D eigenvalue weighted by atomic mass is 35.5. The van der Waals surface area contributed by atoms with Crippen molar-refractivity contribution in [3.8, 4) is 22.3 Å². The van der Waals surface area contributed by atoms with Gasteiger partial charge in [-0.25, -0.2) is 0 Å². The summed E-state index contributed by atoms with van der Waals surface area (Å²) < 4.78 is 0. The number of rotatable bonds is 2. The smallest absolute Gasteiger partial charge is 0.0499 e. The van der Waals surface area contributed by atoms with Gasteiger partial charge in [0, 0.05) is 36.1 Å². The van der Waals surface area contributed by atoms with Crippen LogP contribution in [0.15, 0.2) is 59.5 Å². The van der Waals surface area contributed by atoms with E-state index in [0.29, 0.717) is 20.1 Å². The normalized spacial score (nSPS) is 10.8. The van der Waals surface area contributed by atoms with Crippen LogP contribution in [0.25, 0.3) is 22.3 Å². The topological polar surface area (TPSA) is 0 Å². The zero-order valence-corrected chi connectivity index (χ0v) is 15.6. The number of hydrogen-bond acceptors (Lipinski definition) is 1. The van der Waals surface area contributed by atoms with Gasteiger partial charge in [-0.2, -0.15) is 0 Å². The zero-order chi connectivity index (χ0) is 16.6. The molecule has 116 valence electrons. The fourth-order valence-corrected chi connectivity index (χ4v) is 3.64. The van der Waals surface area contributed by atoms with Gasteiger partial charge in [0.25, 0.3) is 0 Å². The molecule has 0 N–H and O–H groups in total. The van der Waals surface area contributed by atoms with Gasteiger partial charge in [0.15, 0.2) is 0 Å². The maximum Gasteiger partial charge on any atom is 0.0499 e. The van der Waals surface area contributed by atoms with E-state index in [-0.39, 0.29) is 0 Å². The van der Waals surface area contributed by atoms with Crippen molar-refractivity contribution in [3.05, 3.63) is 74.7 Å². The van der Waals surface area contributed by atoms with E-state index >= 15 is 0 Å². The molecule has 0 saturated carbocycles. The van der Waals surface area contributed by atoms with Crippen molar-refractivity contribution >= 4 is 59.0 Å². The first-order valence-electron chi connectivity index (χ1n) is 6.69. The Morgan fingerprint density at radius 3 is 1.70 bits per heavy atom. The van der Waals surface area contributed by atoms with Crippen LogP contribution >= 0.6 is 59.0 Å². The summed E-state index contributed by atoms with van der Waals surface area (Å²) in [6.07, 6.45) is 0. The molecule has 0 nitrogen and oxygen atoms in total. The lowest BCUT2D eigenvalue weighted by Gasteiger charge is -2.12. The van der Waals surface area contributed by atoms with Gasteiger partial charge in [0.2, 0.25) is 0 Å². The van der Waals surface area contributed by atoms with Crippen molar-refractivity contribution < 1.29 is 0 Å². The van der Waals surface area contributed by atoms with Gasteiger partial charge in [0.05, 0.1) is 0 Å². The number of halogens is 4. The quantitative estimate of drug-likeness (QED) is 0.415. The van der Waals surface area contributed by atoms with Crippen LogP contribution in [0.5, 0.6) is 0 Å². The Hall–Kier alpha value is -0.830. The summed E-state index contributed by atoms with van der Waals surface area (Å²) in [5, 5.41) is 2.37. The Labute approximate surface area is 160 Å². The summed E-state index contributed by atoms with van der Waals surface area (Å²) >= 11 is 29.1. The van der Waals surface area contributed by atoms with Crippen LogP contribution < -0.4 is 0 Å². The van der Waals surface area contributed by atoms with Crippen molar-refractivity contribution in [1.29, 1.82) is 0 Å². The van der Waals surface area contributed by atoms with Crippen molar-refractivity contribution in [1.82, 2.24) is 0 Å². The van der Waals surface area contributed by atoms with E-state index < -0.39 is 0 Å². The van der Waals surface area contributed by atoms with Gasteiger partial charge < -0.3 is 0 Å². The van der Waals surface area contributed by atoms with E-state index in [1.807, 2.05) is 36.4 Å². The maximum atomic E-state index is 6.32. The molecule has 0 amide bonds. The minimum Gasteiger partial charge on any atom is -0.143 e. The molecule has 0 fully saturated rings. The minimum absolute atomic E-state index is 0.576. The first-order chi connectivity index (χ1) is 11.0. The third kappa shape index (κ3) is 3.65. The molecular weight excluding hydrogens is 390 g/mol. The second kappa shape index (κ2) is 6.96. The van der Waals surface area contributed by atoms with Crippen LogP contribution in [0.1, 0.15) is 0 Å². The summed E-state index contributed by atoms with van der Waals surface area (Å²) in [4.78, 5) is 0.822. The second-order valence-electron chi connectivity index (χ2n) is 4.98. The molecule has 0 radical (unpaired) electrons. The molecular formula is C18H10Cl4S. The number of benzene rings is 3. The first kappa shape index (κ1) is 17.0. The Morgan fingerprint density at radius 1 is 0.565 bits per heavy atom. The predicted octanol–water partition coefficient (Wildman–Crippen LogP) is 7.92. The maximum absolute atomic E-state index is 6.32.